The van der Waals surface area contributed by atoms with E-state index in [0.717, 1.165) is 4.47 Å². The summed E-state index contributed by atoms with van der Waals surface area (Å²) in [4.78, 5) is 15.8. The van der Waals surface area contributed by atoms with E-state index in [2.05, 4.69) is 26.2 Å². The van der Waals surface area contributed by atoms with E-state index in [-0.39, 0.29) is 11.3 Å². The van der Waals surface area contributed by atoms with Crippen molar-refractivity contribution < 1.29 is 4.79 Å². The van der Waals surface area contributed by atoms with E-state index in [4.69, 9.17) is 5.73 Å². The van der Waals surface area contributed by atoms with Crippen LogP contribution in [0.4, 0.5) is 5.69 Å². The molecule has 3 N–H and O–H groups in total. The van der Waals surface area contributed by atoms with Crippen molar-refractivity contribution in [3.05, 3.63) is 22.9 Å². The normalized spacial score (nSPS) is 13.3. The molecule has 1 rings (SSSR count). The van der Waals surface area contributed by atoms with E-state index < -0.39 is 6.04 Å². The fraction of sp³-hybridized carbons (Fsp3) is 0.455. The van der Waals surface area contributed by atoms with Crippen LogP contribution in [0.3, 0.4) is 0 Å². The van der Waals surface area contributed by atoms with Gasteiger partial charge in [-0.1, -0.05) is 20.8 Å². The predicted molar refractivity (Wildman–Crippen MR) is 68.0 cm³/mol. The summed E-state index contributed by atoms with van der Waals surface area (Å²) in [6.07, 6.45) is 3.24. The highest BCUT2D eigenvalue weighted by molar-refractivity contribution is 9.10. The molecule has 0 saturated carbocycles. The van der Waals surface area contributed by atoms with Gasteiger partial charge in [0.2, 0.25) is 5.91 Å². The Labute approximate surface area is 104 Å². The Morgan fingerprint density at radius 1 is 1.56 bits per heavy atom. The number of amides is 1. The number of anilines is 1. The number of nitrogens with zero attached hydrogens (tertiary/aromatic N) is 1. The molecule has 1 atom stereocenters. The molecule has 0 aliphatic carbocycles. The molecule has 0 spiro atoms. The predicted octanol–water partition coefficient (Wildman–Crippen LogP) is 2.16. The Hall–Kier alpha value is -0.940. The van der Waals surface area contributed by atoms with E-state index in [1.165, 1.54) is 0 Å². The highest BCUT2D eigenvalue weighted by atomic mass is 79.9. The molecule has 0 aliphatic heterocycles. The van der Waals surface area contributed by atoms with Crippen LogP contribution in [0.5, 0.6) is 0 Å². The molecule has 5 heteroatoms. The van der Waals surface area contributed by atoms with Gasteiger partial charge < -0.3 is 11.1 Å². The van der Waals surface area contributed by atoms with Crippen molar-refractivity contribution in [3.8, 4) is 0 Å². The van der Waals surface area contributed by atoms with Gasteiger partial charge in [0.15, 0.2) is 0 Å². The first-order chi connectivity index (χ1) is 7.32. The van der Waals surface area contributed by atoms with Crippen molar-refractivity contribution in [1.82, 2.24) is 4.98 Å². The molecule has 0 aromatic carbocycles. The summed E-state index contributed by atoms with van der Waals surface area (Å²) < 4.78 is 0.740. The monoisotopic (exact) mass is 285 g/mol. The quantitative estimate of drug-likeness (QED) is 0.875. The van der Waals surface area contributed by atoms with Gasteiger partial charge in [-0.3, -0.25) is 9.78 Å². The summed E-state index contributed by atoms with van der Waals surface area (Å²) in [5.41, 5.74) is 6.27. The second-order valence-corrected chi connectivity index (χ2v) is 5.54. The minimum absolute atomic E-state index is 0.195. The van der Waals surface area contributed by atoms with E-state index in [0.29, 0.717) is 5.69 Å². The largest absolute Gasteiger partial charge is 0.324 e. The van der Waals surface area contributed by atoms with Crippen LogP contribution in [0.15, 0.2) is 22.9 Å². The number of rotatable bonds is 2. The lowest BCUT2D eigenvalue weighted by atomic mass is 9.87. The van der Waals surface area contributed by atoms with Crippen LogP contribution in [0.2, 0.25) is 0 Å². The Bertz CT molecular complexity index is 387. The van der Waals surface area contributed by atoms with Gasteiger partial charge in [0.05, 0.1) is 16.2 Å². The van der Waals surface area contributed by atoms with Crippen molar-refractivity contribution in [2.45, 2.75) is 26.8 Å². The molecule has 1 unspecified atom stereocenters. The van der Waals surface area contributed by atoms with Gasteiger partial charge in [-0.25, -0.2) is 0 Å². The summed E-state index contributed by atoms with van der Waals surface area (Å²) in [5.74, 6) is -0.195. The number of halogens is 1. The zero-order valence-electron chi connectivity index (χ0n) is 9.62. The highest BCUT2D eigenvalue weighted by Gasteiger charge is 2.27. The van der Waals surface area contributed by atoms with Crippen LogP contribution in [0.25, 0.3) is 0 Å². The SMILES string of the molecule is CC(C)(C)C(N)C(=O)Nc1ccncc1Br. The van der Waals surface area contributed by atoms with Gasteiger partial charge in [0, 0.05) is 12.4 Å². The minimum Gasteiger partial charge on any atom is -0.324 e. The van der Waals surface area contributed by atoms with Crippen LogP contribution < -0.4 is 11.1 Å². The average molecular weight is 286 g/mol. The van der Waals surface area contributed by atoms with Gasteiger partial charge in [-0.05, 0) is 27.4 Å². The standard InChI is InChI=1S/C11H16BrN3O/c1-11(2,3)9(13)10(16)15-8-4-5-14-6-7(8)12/h4-6,9H,13H2,1-3H3,(H,14,15,16). The Morgan fingerprint density at radius 3 is 2.69 bits per heavy atom. The van der Waals surface area contributed by atoms with E-state index >= 15 is 0 Å². The topological polar surface area (TPSA) is 68.0 Å². The Kier molecular flexibility index (Phi) is 4.04. The molecule has 0 radical (unpaired) electrons. The third-order valence-electron chi connectivity index (χ3n) is 2.25. The lowest BCUT2D eigenvalue weighted by molar-refractivity contribution is -0.119. The smallest absolute Gasteiger partial charge is 0.241 e. The number of nitrogens with one attached hydrogen (secondary N) is 1. The molecule has 4 nitrogen and oxygen atoms in total. The van der Waals surface area contributed by atoms with Gasteiger partial charge in [-0.2, -0.15) is 0 Å². The zero-order chi connectivity index (χ0) is 12.3. The third-order valence-corrected chi connectivity index (χ3v) is 2.88. The molecule has 0 bridgehead atoms. The molecular formula is C11H16BrN3O. The number of carbonyl (C=O) groups excluding carboxylic acids is 1. The van der Waals surface area contributed by atoms with Crippen molar-refractivity contribution >= 4 is 27.5 Å². The fourth-order valence-electron chi connectivity index (χ4n) is 1.08. The lowest BCUT2D eigenvalue weighted by Gasteiger charge is -2.25. The van der Waals surface area contributed by atoms with Gasteiger partial charge >= 0.3 is 0 Å². The number of pyridine rings is 1. The minimum atomic E-state index is -0.549. The summed E-state index contributed by atoms with van der Waals surface area (Å²) in [5, 5.41) is 2.77. The maximum Gasteiger partial charge on any atom is 0.241 e. The molecule has 16 heavy (non-hydrogen) atoms. The Morgan fingerprint density at radius 2 is 2.19 bits per heavy atom. The second kappa shape index (κ2) is 4.93. The molecule has 1 amide bonds. The van der Waals surface area contributed by atoms with Crippen molar-refractivity contribution in [3.63, 3.8) is 0 Å². The summed E-state index contributed by atoms with van der Waals surface area (Å²) >= 11 is 3.31. The maximum absolute atomic E-state index is 11.8. The number of carbonyl (C=O) groups is 1. The number of hydrogen-bond donors (Lipinski definition) is 2. The fourth-order valence-corrected chi connectivity index (χ4v) is 1.43. The van der Waals surface area contributed by atoms with Crippen molar-refractivity contribution in [2.24, 2.45) is 11.1 Å². The van der Waals surface area contributed by atoms with Gasteiger partial charge in [-0.15, -0.1) is 0 Å². The molecule has 0 fully saturated rings. The van der Waals surface area contributed by atoms with E-state index in [1.807, 2.05) is 20.8 Å². The van der Waals surface area contributed by atoms with Crippen LogP contribution >= 0.6 is 15.9 Å². The summed E-state index contributed by atoms with van der Waals surface area (Å²) in [6.45, 7) is 5.79. The third kappa shape index (κ3) is 3.28. The first-order valence-electron chi connectivity index (χ1n) is 4.98. The second-order valence-electron chi connectivity index (χ2n) is 4.69. The highest BCUT2D eigenvalue weighted by Crippen LogP contribution is 2.22. The van der Waals surface area contributed by atoms with Crippen LogP contribution in [-0.2, 0) is 4.79 Å². The summed E-state index contributed by atoms with van der Waals surface area (Å²) in [7, 11) is 0. The molecule has 1 aromatic rings. The molecular weight excluding hydrogens is 270 g/mol. The van der Waals surface area contributed by atoms with E-state index in [9.17, 15) is 4.79 Å². The van der Waals surface area contributed by atoms with Crippen LogP contribution in [0.1, 0.15) is 20.8 Å². The molecule has 1 heterocycles. The first kappa shape index (κ1) is 13.1. The maximum atomic E-state index is 11.8. The zero-order valence-corrected chi connectivity index (χ0v) is 11.2. The lowest BCUT2D eigenvalue weighted by Crippen LogP contribution is -2.45. The van der Waals surface area contributed by atoms with Crippen LogP contribution in [-0.4, -0.2) is 16.9 Å². The average Bonchev–Trinajstić information content (AvgIpc) is 2.19. The Balaban J connectivity index is 2.76. The van der Waals surface area contributed by atoms with Gasteiger partial charge in [0.25, 0.3) is 0 Å². The number of hydrogen-bond acceptors (Lipinski definition) is 3. The summed E-state index contributed by atoms with van der Waals surface area (Å²) in [6, 6.07) is 1.17. The van der Waals surface area contributed by atoms with Crippen molar-refractivity contribution in [2.75, 3.05) is 5.32 Å². The molecule has 88 valence electrons. The molecule has 1 aromatic heterocycles. The van der Waals surface area contributed by atoms with Crippen molar-refractivity contribution in [1.29, 1.82) is 0 Å². The number of nitrogens with two attached hydrogens (primary N) is 1. The van der Waals surface area contributed by atoms with E-state index in [1.54, 1.807) is 18.5 Å². The molecule has 0 saturated heterocycles. The molecule has 0 aliphatic rings. The van der Waals surface area contributed by atoms with Crippen LogP contribution in [0, 0.1) is 5.41 Å². The van der Waals surface area contributed by atoms with Gasteiger partial charge in [0.1, 0.15) is 0 Å². The number of aromatic nitrogens is 1. The first-order valence-corrected chi connectivity index (χ1v) is 5.77.